The average Bonchev–Trinajstić information content (AvgIpc) is 2.38. The normalized spacial score (nSPS) is 21.0. The predicted octanol–water partition coefficient (Wildman–Crippen LogP) is 3.56. The van der Waals surface area contributed by atoms with E-state index >= 15 is 0 Å². The molecule has 0 aromatic rings. The summed E-state index contributed by atoms with van der Waals surface area (Å²) in [6.07, 6.45) is 2.50. The number of aliphatic imine (C=N–C) groups is 1. The van der Waals surface area contributed by atoms with Crippen LogP contribution in [0, 0.1) is 5.92 Å². The molecule has 1 rings (SSSR count). The zero-order valence-electron chi connectivity index (χ0n) is 11.6. The van der Waals surface area contributed by atoms with E-state index in [1.807, 2.05) is 0 Å². The monoisotopic (exact) mass is 363 g/mol. The number of hydrogen-bond donors (Lipinski definition) is 0. The molecule has 1 aliphatic rings. The van der Waals surface area contributed by atoms with Gasteiger partial charge in [-0.2, -0.15) is 0 Å². The summed E-state index contributed by atoms with van der Waals surface area (Å²) in [4.78, 5) is 16.3. The van der Waals surface area contributed by atoms with Crippen molar-refractivity contribution in [1.29, 1.82) is 0 Å². The van der Waals surface area contributed by atoms with E-state index in [2.05, 4.69) is 43.4 Å². The highest BCUT2D eigenvalue weighted by molar-refractivity contribution is 14.1. The number of halogens is 1. The van der Waals surface area contributed by atoms with Crippen molar-refractivity contribution in [3.8, 4) is 0 Å². The first-order valence-electron chi connectivity index (χ1n) is 6.39. The van der Waals surface area contributed by atoms with E-state index in [0.717, 1.165) is 16.6 Å². The number of methoxy groups -OCH3 is 1. The first kappa shape index (κ1) is 15.8. The summed E-state index contributed by atoms with van der Waals surface area (Å²) in [5.41, 5.74) is 2.78. The zero-order chi connectivity index (χ0) is 13.7. The molecule has 0 radical (unpaired) electrons. The fourth-order valence-electron chi connectivity index (χ4n) is 2.35. The molecule has 0 spiro atoms. The van der Waals surface area contributed by atoms with Crippen molar-refractivity contribution < 1.29 is 9.53 Å². The molecule has 0 saturated carbocycles. The molecular weight excluding hydrogens is 341 g/mol. The van der Waals surface area contributed by atoms with Crippen LogP contribution in [0.2, 0.25) is 0 Å². The molecule has 0 N–H and O–H groups in total. The third-order valence-electron chi connectivity index (χ3n) is 3.18. The molecule has 3 nitrogen and oxygen atoms in total. The van der Waals surface area contributed by atoms with Crippen LogP contribution in [0.4, 0.5) is 0 Å². The number of nitrogens with zero attached hydrogens (tertiary/aromatic N) is 1. The Balaban J connectivity index is 2.78. The molecule has 0 aliphatic carbocycles. The molecule has 1 unspecified atom stereocenters. The van der Waals surface area contributed by atoms with Gasteiger partial charge in [0.05, 0.1) is 9.76 Å². The second kappa shape index (κ2) is 7.38. The van der Waals surface area contributed by atoms with Crippen LogP contribution < -0.4 is 0 Å². The molecule has 0 saturated heterocycles. The van der Waals surface area contributed by atoms with Crippen LogP contribution in [0.3, 0.4) is 0 Å². The number of rotatable bonds is 5. The highest BCUT2D eigenvalue weighted by Crippen LogP contribution is 2.28. The Morgan fingerprint density at radius 1 is 1.56 bits per heavy atom. The van der Waals surface area contributed by atoms with Gasteiger partial charge < -0.3 is 4.74 Å². The van der Waals surface area contributed by atoms with Gasteiger partial charge in [0.2, 0.25) is 0 Å². The number of carbonyl (C=O) groups is 1. The minimum absolute atomic E-state index is 0.116. The lowest BCUT2D eigenvalue weighted by Gasteiger charge is -2.12. The molecule has 1 heterocycles. The Labute approximate surface area is 123 Å². The number of carbonyl (C=O) groups excluding carboxylic acids is 1. The number of allylic oxidation sites excluding steroid dienone is 2. The summed E-state index contributed by atoms with van der Waals surface area (Å²) in [5, 5.41) is 0. The van der Waals surface area contributed by atoms with E-state index in [9.17, 15) is 4.79 Å². The lowest BCUT2D eigenvalue weighted by molar-refractivity contribution is -0.122. The van der Waals surface area contributed by atoms with Crippen molar-refractivity contribution in [2.24, 2.45) is 10.9 Å². The van der Waals surface area contributed by atoms with E-state index in [1.165, 1.54) is 11.1 Å². The molecule has 1 aliphatic heterocycles. The van der Waals surface area contributed by atoms with Gasteiger partial charge >= 0.3 is 0 Å². The Hall–Kier alpha value is -0.230. The number of ether oxygens (including phenoxy) is 1. The minimum atomic E-state index is 0.116. The Kier molecular flexibility index (Phi) is 6.49. The van der Waals surface area contributed by atoms with Gasteiger partial charge in [0.1, 0.15) is 6.61 Å². The van der Waals surface area contributed by atoms with Crippen LogP contribution in [-0.2, 0) is 9.53 Å². The highest BCUT2D eigenvalue weighted by atomic mass is 127. The first-order chi connectivity index (χ1) is 8.45. The van der Waals surface area contributed by atoms with Crippen LogP contribution >= 0.6 is 22.6 Å². The van der Waals surface area contributed by atoms with Gasteiger partial charge in [-0.05, 0) is 53.8 Å². The van der Waals surface area contributed by atoms with Crippen LogP contribution in [0.15, 0.2) is 16.1 Å². The molecule has 1 atom stereocenters. The lowest BCUT2D eigenvalue weighted by atomic mass is 9.96. The maximum Gasteiger partial charge on any atom is 0.160 e. The van der Waals surface area contributed by atoms with Crippen molar-refractivity contribution in [3.63, 3.8) is 0 Å². The third kappa shape index (κ3) is 4.46. The van der Waals surface area contributed by atoms with E-state index in [1.54, 1.807) is 7.11 Å². The molecule has 0 amide bonds. The summed E-state index contributed by atoms with van der Waals surface area (Å²) >= 11 is 2.31. The number of Topliss-reactive ketones (excluding diaryl/α,β-unsaturated/α-hetero) is 1. The summed E-state index contributed by atoms with van der Waals surface area (Å²) in [6, 6.07) is 0.116. The van der Waals surface area contributed by atoms with E-state index < -0.39 is 0 Å². The standard InChI is InChI=1S/C14H22INO2/c1-9(2)13-10(3)5-6-11(16-14(13)15)7-12(17)8-18-4/h9,11H,5-8H2,1-4H3. The zero-order valence-corrected chi connectivity index (χ0v) is 13.8. The predicted molar refractivity (Wildman–Crippen MR) is 83.5 cm³/mol. The summed E-state index contributed by atoms with van der Waals surface area (Å²) < 4.78 is 5.95. The molecule has 0 bridgehead atoms. The van der Waals surface area contributed by atoms with Gasteiger partial charge in [0.25, 0.3) is 0 Å². The molecule has 0 aromatic heterocycles. The van der Waals surface area contributed by atoms with Crippen molar-refractivity contribution in [1.82, 2.24) is 0 Å². The topological polar surface area (TPSA) is 38.7 Å². The van der Waals surface area contributed by atoms with Crippen molar-refractivity contribution in [2.75, 3.05) is 13.7 Å². The SMILES string of the molecule is COCC(=O)CC1CCC(C)=C(C(C)C)C(I)=N1. The molecule has 0 aromatic carbocycles. The van der Waals surface area contributed by atoms with Crippen LogP contribution in [0.1, 0.15) is 40.0 Å². The fourth-order valence-corrected chi connectivity index (χ4v) is 3.83. The Morgan fingerprint density at radius 3 is 2.78 bits per heavy atom. The van der Waals surface area contributed by atoms with Gasteiger partial charge in [-0.25, -0.2) is 0 Å². The lowest BCUT2D eigenvalue weighted by Crippen LogP contribution is -2.16. The van der Waals surface area contributed by atoms with Gasteiger partial charge in [-0.3, -0.25) is 9.79 Å². The third-order valence-corrected chi connectivity index (χ3v) is 4.04. The van der Waals surface area contributed by atoms with E-state index in [4.69, 9.17) is 9.73 Å². The average molecular weight is 363 g/mol. The van der Waals surface area contributed by atoms with Crippen molar-refractivity contribution >= 4 is 32.1 Å². The van der Waals surface area contributed by atoms with Gasteiger partial charge in [0, 0.05) is 13.5 Å². The maximum absolute atomic E-state index is 11.6. The number of hydrogen-bond acceptors (Lipinski definition) is 3. The Bertz CT molecular complexity index is 372. The van der Waals surface area contributed by atoms with Gasteiger partial charge in [0.15, 0.2) is 5.78 Å². The molecule has 4 heteroatoms. The highest BCUT2D eigenvalue weighted by Gasteiger charge is 2.21. The second-order valence-electron chi connectivity index (χ2n) is 5.14. The molecule has 18 heavy (non-hydrogen) atoms. The summed E-state index contributed by atoms with van der Waals surface area (Å²) in [6.45, 7) is 6.78. The van der Waals surface area contributed by atoms with E-state index in [0.29, 0.717) is 12.3 Å². The van der Waals surface area contributed by atoms with Gasteiger partial charge in [-0.1, -0.05) is 19.4 Å². The molecule has 102 valence electrons. The number of ketones is 1. The van der Waals surface area contributed by atoms with Crippen molar-refractivity contribution in [3.05, 3.63) is 11.1 Å². The Morgan fingerprint density at radius 2 is 2.22 bits per heavy atom. The maximum atomic E-state index is 11.6. The molecule has 0 fully saturated rings. The first-order valence-corrected chi connectivity index (χ1v) is 7.47. The second-order valence-corrected chi connectivity index (χ2v) is 6.16. The molecular formula is C14H22INO2. The van der Waals surface area contributed by atoms with Crippen LogP contribution in [0.5, 0.6) is 0 Å². The van der Waals surface area contributed by atoms with E-state index in [-0.39, 0.29) is 18.4 Å². The largest absolute Gasteiger partial charge is 0.377 e. The van der Waals surface area contributed by atoms with Crippen LogP contribution in [-0.4, -0.2) is 29.3 Å². The summed E-state index contributed by atoms with van der Waals surface area (Å²) in [7, 11) is 1.56. The van der Waals surface area contributed by atoms with Crippen LogP contribution in [0.25, 0.3) is 0 Å². The smallest absolute Gasteiger partial charge is 0.160 e. The quantitative estimate of drug-likeness (QED) is 0.701. The summed E-state index contributed by atoms with van der Waals surface area (Å²) in [5.74, 6) is 0.634. The van der Waals surface area contributed by atoms with Gasteiger partial charge in [-0.15, -0.1) is 0 Å². The van der Waals surface area contributed by atoms with Crippen molar-refractivity contribution in [2.45, 2.75) is 46.1 Å². The minimum Gasteiger partial charge on any atom is -0.377 e. The fraction of sp³-hybridized carbons (Fsp3) is 0.714.